The van der Waals surface area contributed by atoms with Crippen LogP contribution in [0.3, 0.4) is 0 Å². The van der Waals surface area contributed by atoms with Gasteiger partial charge in [-0.1, -0.05) is 29.3 Å². The third kappa shape index (κ3) is 3.52. The number of nitrogens with zero attached hydrogens (tertiary/aromatic N) is 2. The summed E-state index contributed by atoms with van der Waals surface area (Å²) in [5, 5.41) is 4.47. The first-order valence-electron chi connectivity index (χ1n) is 6.48. The van der Waals surface area contributed by atoms with Crippen LogP contribution in [0.4, 0.5) is 18.9 Å². The molecule has 3 aromatic rings. The van der Waals surface area contributed by atoms with E-state index < -0.39 is 23.7 Å². The first-order valence-corrected chi connectivity index (χ1v) is 8.38. The Labute approximate surface area is 146 Å². The first kappa shape index (κ1) is 17.1. The predicted octanol–water partition coefficient (Wildman–Crippen LogP) is 4.37. The van der Waals surface area contributed by atoms with Crippen molar-refractivity contribution in [3.05, 3.63) is 40.8 Å². The Bertz CT molecular complexity index is 922. The van der Waals surface area contributed by atoms with Gasteiger partial charge in [0.1, 0.15) is 12.2 Å². The molecule has 2 aromatic heterocycles. The van der Waals surface area contributed by atoms with Crippen LogP contribution in [0.5, 0.6) is 0 Å². The molecule has 0 aliphatic heterocycles. The lowest BCUT2D eigenvalue weighted by Gasteiger charge is -2.08. The fourth-order valence-electron chi connectivity index (χ4n) is 2.10. The Morgan fingerprint density at radius 2 is 2.08 bits per heavy atom. The van der Waals surface area contributed by atoms with Gasteiger partial charge < -0.3 is 4.98 Å². The molecule has 3 rings (SSSR count). The van der Waals surface area contributed by atoms with Crippen molar-refractivity contribution in [1.82, 2.24) is 14.8 Å². The van der Waals surface area contributed by atoms with Crippen LogP contribution in [0, 0.1) is 0 Å². The summed E-state index contributed by atoms with van der Waals surface area (Å²) in [6, 6.07) is 5.01. The second-order valence-corrected chi connectivity index (χ2v) is 6.81. The highest BCUT2D eigenvalue weighted by Crippen LogP contribution is 2.29. The monoisotopic (exact) mass is 396 g/mol. The van der Waals surface area contributed by atoms with Gasteiger partial charge in [0.25, 0.3) is 0 Å². The molecule has 11 heteroatoms. The van der Waals surface area contributed by atoms with Crippen LogP contribution < -0.4 is 4.72 Å². The van der Waals surface area contributed by atoms with Crippen LogP contribution in [-0.4, -0.2) is 25.1 Å². The second kappa shape index (κ2) is 6.30. The number of nitrogens with one attached hydrogen (secondary N) is 2. The maximum absolute atomic E-state index is 12.4. The Hall–Kier alpha value is -1.71. The Balaban J connectivity index is 1.84. The second-order valence-electron chi connectivity index (χ2n) is 4.84. The zero-order valence-electron chi connectivity index (χ0n) is 11.7. The van der Waals surface area contributed by atoms with Gasteiger partial charge in [-0.15, -0.1) is 0 Å². The lowest BCUT2D eigenvalue weighted by atomic mass is 10.2. The predicted molar refractivity (Wildman–Crippen MR) is 86.6 cm³/mol. The van der Waals surface area contributed by atoms with E-state index in [2.05, 4.69) is 14.8 Å². The zero-order chi connectivity index (χ0) is 17.5. The van der Waals surface area contributed by atoms with Crippen molar-refractivity contribution in [2.75, 3.05) is 4.72 Å². The molecule has 0 aliphatic rings. The molecule has 0 bridgehead atoms. The number of H-pyrrole nitrogens is 1. The van der Waals surface area contributed by atoms with Crippen molar-refractivity contribution in [1.29, 1.82) is 0 Å². The van der Waals surface area contributed by atoms with E-state index in [4.69, 9.17) is 23.2 Å². The maximum Gasteiger partial charge on any atom is 0.408 e. The van der Waals surface area contributed by atoms with Gasteiger partial charge in [0, 0.05) is 22.1 Å². The third-order valence-electron chi connectivity index (χ3n) is 3.11. The smallest absolute Gasteiger partial charge is 0.360 e. The fraction of sp³-hybridized carbons (Fsp3) is 0.154. The van der Waals surface area contributed by atoms with Crippen molar-refractivity contribution >= 4 is 50.8 Å². The molecule has 1 atom stereocenters. The largest absolute Gasteiger partial charge is 0.408 e. The van der Waals surface area contributed by atoms with Gasteiger partial charge in [0.15, 0.2) is 16.1 Å². The van der Waals surface area contributed by atoms with Crippen LogP contribution in [0.15, 0.2) is 35.5 Å². The first-order chi connectivity index (χ1) is 11.2. The number of alkyl halides is 3. The van der Waals surface area contributed by atoms with Crippen LogP contribution in [-0.2, 0) is 17.5 Å². The lowest BCUT2D eigenvalue weighted by Crippen LogP contribution is -2.18. The van der Waals surface area contributed by atoms with E-state index in [1.54, 1.807) is 18.2 Å². The molecular formula is C13H9Cl2F3N4OS. The molecule has 2 N–H and O–H groups in total. The minimum atomic E-state index is -4.46. The molecule has 128 valence electrons. The van der Waals surface area contributed by atoms with Crippen molar-refractivity contribution in [2.24, 2.45) is 0 Å². The number of anilines is 1. The van der Waals surface area contributed by atoms with Crippen molar-refractivity contribution < 1.29 is 17.4 Å². The number of fused-ring (bicyclic) bond motifs is 1. The van der Waals surface area contributed by atoms with Gasteiger partial charge in [-0.2, -0.15) is 18.3 Å². The van der Waals surface area contributed by atoms with Crippen molar-refractivity contribution in [2.45, 2.75) is 17.6 Å². The number of aromatic nitrogens is 3. The summed E-state index contributed by atoms with van der Waals surface area (Å²) in [7, 11) is -1.75. The normalized spacial score (nSPS) is 13.4. The summed E-state index contributed by atoms with van der Waals surface area (Å²) in [6.45, 7) is -1.33. The fourth-order valence-corrected chi connectivity index (χ4v) is 3.53. The highest BCUT2D eigenvalue weighted by atomic mass is 35.5. The molecule has 0 saturated heterocycles. The van der Waals surface area contributed by atoms with E-state index in [1.165, 1.54) is 6.20 Å². The molecule has 0 spiro atoms. The molecule has 24 heavy (non-hydrogen) atoms. The molecule has 1 aromatic carbocycles. The zero-order valence-corrected chi connectivity index (χ0v) is 14.0. The summed E-state index contributed by atoms with van der Waals surface area (Å²) in [4.78, 5) is 3.34. The van der Waals surface area contributed by atoms with E-state index >= 15 is 0 Å². The highest BCUT2D eigenvalue weighted by Gasteiger charge is 2.30. The molecular weight excluding hydrogens is 388 g/mol. The molecule has 5 nitrogen and oxygen atoms in total. The quantitative estimate of drug-likeness (QED) is 0.687. The third-order valence-corrected chi connectivity index (χ3v) is 4.89. The number of rotatable bonds is 4. The van der Waals surface area contributed by atoms with Gasteiger partial charge >= 0.3 is 6.18 Å². The molecule has 0 amide bonds. The molecule has 0 saturated carbocycles. The van der Waals surface area contributed by atoms with Crippen LogP contribution >= 0.6 is 23.2 Å². The minimum absolute atomic E-state index is 0.0440. The summed E-state index contributed by atoms with van der Waals surface area (Å²) >= 11 is 11.7. The standard InChI is InChI=1S/C13H9Cl2F3N4OS/c14-7-1-2-8-9(3-7)19-5-11(8)24(23)21-10-4-20-22(12(10)15)6-13(16,17)18/h1-5,19,21H,6H2. The average Bonchev–Trinajstić information content (AvgIpc) is 3.03. The van der Waals surface area contributed by atoms with E-state index in [0.29, 0.717) is 25.5 Å². The van der Waals surface area contributed by atoms with E-state index in [0.717, 1.165) is 6.20 Å². The summed E-state index contributed by atoms with van der Waals surface area (Å²) in [5.74, 6) is 0. The van der Waals surface area contributed by atoms with Gasteiger partial charge in [-0.25, -0.2) is 8.89 Å². The topological polar surface area (TPSA) is 62.7 Å². The molecule has 0 radical (unpaired) electrons. The summed E-state index contributed by atoms with van der Waals surface area (Å²) < 4.78 is 52.8. The van der Waals surface area contributed by atoms with Crippen LogP contribution in [0.2, 0.25) is 10.2 Å². The number of aromatic amines is 1. The Morgan fingerprint density at radius 3 is 2.79 bits per heavy atom. The van der Waals surface area contributed by atoms with Gasteiger partial charge in [0.05, 0.1) is 11.1 Å². The molecule has 0 aliphatic carbocycles. The van der Waals surface area contributed by atoms with Crippen molar-refractivity contribution in [3.8, 4) is 0 Å². The molecule has 1 unspecified atom stereocenters. The number of hydrogen-bond donors (Lipinski definition) is 2. The van der Waals surface area contributed by atoms with Gasteiger partial charge in [-0.05, 0) is 12.1 Å². The Morgan fingerprint density at radius 1 is 1.33 bits per heavy atom. The van der Waals surface area contributed by atoms with Gasteiger partial charge in [-0.3, -0.25) is 4.72 Å². The number of hydrogen-bond acceptors (Lipinski definition) is 2. The maximum atomic E-state index is 12.4. The van der Waals surface area contributed by atoms with Crippen molar-refractivity contribution in [3.63, 3.8) is 0 Å². The van der Waals surface area contributed by atoms with Crippen LogP contribution in [0.25, 0.3) is 10.9 Å². The molecule has 2 heterocycles. The molecule has 0 fully saturated rings. The van der Waals surface area contributed by atoms with Crippen LogP contribution in [0.1, 0.15) is 0 Å². The number of benzene rings is 1. The SMILES string of the molecule is O=S(Nc1cnn(CC(F)(F)F)c1Cl)c1c[nH]c2cc(Cl)ccc12. The van der Waals surface area contributed by atoms with E-state index in [9.17, 15) is 17.4 Å². The van der Waals surface area contributed by atoms with Gasteiger partial charge in [0.2, 0.25) is 0 Å². The summed E-state index contributed by atoms with van der Waals surface area (Å²) in [5.41, 5.74) is 0.731. The number of halogens is 5. The average molecular weight is 397 g/mol. The van der Waals surface area contributed by atoms with E-state index in [-0.39, 0.29) is 10.8 Å². The Kier molecular flexibility index (Phi) is 4.50. The summed E-state index contributed by atoms with van der Waals surface area (Å²) in [6.07, 6.45) is -1.84. The highest BCUT2D eigenvalue weighted by molar-refractivity contribution is 7.86. The van der Waals surface area contributed by atoms with E-state index in [1.807, 2.05) is 0 Å². The minimum Gasteiger partial charge on any atom is -0.360 e. The lowest BCUT2D eigenvalue weighted by molar-refractivity contribution is -0.142.